The highest BCUT2D eigenvalue weighted by Crippen LogP contribution is 2.24. The van der Waals surface area contributed by atoms with E-state index in [-0.39, 0.29) is 22.2 Å². The number of rotatable bonds is 8. The Kier molecular flexibility index (Phi) is 7.72. The molecule has 2 aromatic rings. The van der Waals surface area contributed by atoms with Gasteiger partial charge in [-0.3, -0.25) is 9.59 Å². The zero-order valence-corrected chi connectivity index (χ0v) is 17.4. The Hall–Kier alpha value is -2.01. The maximum Gasteiger partial charge on any atom is 0.287 e. The fraction of sp³-hybridized carbons (Fsp3) is 0.455. The van der Waals surface area contributed by atoms with Crippen molar-refractivity contribution in [3.8, 4) is 0 Å². The highest BCUT2D eigenvalue weighted by atomic mass is 32.2. The monoisotopic (exact) mass is 387 g/mol. The first-order valence-electron chi connectivity index (χ1n) is 9.41. The van der Waals surface area contributed by atoms with Crippen LogP contribution in [-0.2, 0) is 16.0 Å². The Morgan fingerprint density at radius 1 is 1.15 bits per heavy atom. The van der Waals surface area contributed by atoms with Gasteiger partial charge >= 0.3 is 0 Å². The maximum absolute atomic E-state index is 12.7. The molecule has 2 rings (SSSR count). The van der Waals surface area contributed by atoms with E-state index in [9.17, 15) is 9.59 Å². The summed E-state index contributed by atoms with van der Waals surface area (Å²) in [5, 5.41) is 2.81. The van der Waals surface area contributed by atoms with Gasteiger partial charge in [-0.15, -0.1) is 0 Å². The van der Waals surface area contributed by atoms with E-state index in [0.29, 0.717) is 12.2 Å². The largest absolute Gasteiger partial charge is 0.459 e. The Balaban J connectivity index is 1.95. The minimum Gasteiger partial charge on any atom is -0.459 e. The Labute approximate surface area is 166 Å². The fourth-order valence-corrected chi connectivity index (χ4v) is 3.53. The number of amides is 1. The minimum atomic E-state index is -0.499. The predicted molar refractivity (Wildman–Crippen MR) is 111 cm³/mol. The molecule has 1 atom stereocenters. The first-order valence-corrected chi connectivity index (χ1v) is 10.4. The third-order valence-electron chi connectivity index (χ3n) is 4.38. The van der Waals surface area contributed by atoms with Crippen LogP contribution in [0.15, 0.2) is 47.1 Å². The van der Waals surface area contributed by atoms with Crippen molar-refractivity contribution in [1.29, 1.82) is 0 Å². The molecule has 1 amide bonds. The van der Waals surface area contributed by atoms with Gasteiger partial charge in [-0.2, -0.15) is 0 Å². The summed E-state index contributed by atoms with van der Waals surface area (Å²) in [6.07, 6.45) is 3.94. The number of carbonyl (C=O) groups is 2. The Bertz CT molecular complexity index is 730. The molecule has 0 spiro atoms. The summed E-state index contributed by atoms with van der Waals surface area (Å²) in [6, 6.07) is 11.1. The highest BCUT2D eigenvalue weighted by Gasteiger charge is 2.22. The second-order valence-electron chi connectivity index (χ2n) is 7.70. The molecule has 0 aliphatic rings. The number of hydrogen-bond acceptors (Lipinski definition) is 4. The van der Waals surface area contributed by atoms with Crippen LogP contribution < -0.4 is 5.32 Å². The molecule has 1 heterocycles. The topological polar surface area (TPSA) is 59.3 Å². The molecule has 0 aliphatic carbocycles. The van der Waals surface area contributed by atoms with Crippen molar-refractivity contribution in [2.75, 3.05) is 0 Å². The lowest BCUT2D eigenvalue weighted by Gasteiger charge is -2.19. The summed E-state index contributed by atoms with van der Waals surface area (Å²) in [5.41, 5.74) is 2.49. The van der Waals surface area contributed by atoms with E-state index in [0.717, 1.165) is 18.4 Å². The molecule has 1 aromatic heterocycles. The van der Waals surface area contributed by atoms with E-state index in [1.165, 1.54) is 23.6 Å². The zero-order chi connectivity index (χ0) is 19.9. The molecule has 0 bridgehead atoms. The highest BCUT2D eigenvalue weighted by molar-refractivity contribution is 8.13. The summed E-state index contributed by atoms with van der Waals surface area (Å²) in [4.78, 5) is 24.9. The summed E-state index contributed by atoms with van der Waals surface area (Å²) in [7, 11) is 0. The molecule has 0 saturated heterocycles. The average Bonchev–Trinajstić information content (AvgIpc) is 3.17. The minimum absolute atomic E-state index is 0.0109. The SMILES string of the molecule is CCCC[C@@H](NC(=O)c1ccco1)C(=O)SCc1ccc(C(C)(C)C)cc1. The van der Waals surface area contributed by atoms with Crippen molar-refractivity contribution in [2.24, 2.45) is 0 Å². The quantitative estimate of drug-likeness (QED) is 0.665. The molecule has 146 valence electrons. The number of carbonyl (C=O) groups excluding carboxylic acids is 2. The maximum atomic E-state index is 12.7. The van der Waals surface area contributed by atoms with Gasteiger partial charge in [0.05, 0.1) is 12.3 Å². The molecule has 5 heteroatoms. The van der Waals surface area contributed by atoms with E-state index in [1.807, 2.05) is 0 Å². The lowest BCUT2D eigenvalue weighted by atomic mass is 9.87. The molecular formula is C22H29NO3S. The number of unbranched alkanes of at least 4 members (excludes halogenated alkanes) is 1. The normalized spacial score (nSPS) is 12.6. The van der Waals surface area contributed by atoms with Crippen molar-refractivity contribution < 1.29 is 14.0 Å². The fourth-order valence-electron chi connectivity index (χ4n) is 2.65. The number of benzene rings is 1. The summed E-state index contributed by atoms with van der Waals surface area (Å²) >= 11 is 1.26. The van der Waals surface area contributed by atoms with Crippen molar-refractivity contribution in [3.05, 3.63) is 59.5 Å². The smallest absolute Gasteiger partial charge is 0.287 e. The molecule has 0 aliphatic heterocycles. The van der Waals surface area contributed by atoms with Crippen molar-refractivity contribution in [2.45, 2.75) is 64.2 Å². The lowest BCUT2D eigenvalue weighted by Crippen LogP contribution is -2.39. The predicted octanol–water partition coefficient (Wildman–Crippen LogP) is 5.33. The molecule has 0 unspecified atom stereocenters. The standard InChI is InChI=1S/C22H29NO3S/c1-5-6-8-18(23-20(24)19-9-7-14-26-19)21(25)27-15-16-10-12-17(13-11-16)22(2,3)4/h7,9-14,18H,5-6,8,15H2,1-4H3,(H,23,24)/t18-/m1/s1. The van der Waals surface area contributed by atoms with Crippen molar-refractivity contribution >= 4 is 22.8 Å². The van der Waals surface area contributed by atoms with Crippen LogP contribution >= 0.6 is 11.8 Å². The van der Waals surface area contributed by atoms with Gasteiger partial charge in [0.15, 0.2) is 5.76 Å². The summed E-state index contributed by atoms with van der Waals surface area (Å²) in [6.45, 7) is 8.61. The first-order chi connectivity index (χ1) is 12.8. The van der Waals surface area contributed by atoms with Crippen molar-refractivity contribution in [1.82, 2.24) is 5.32 Å². The van der Waals surface area contributed by atoms with Crippen LogP contribution in [0.4, 0.5) is 0 Å². The van der Waals surface area contributed by atoms with Gasteiger partial charge in [0.2, 0.25) is 5.12 Å². The van der Waals surface area contributed by atoms with E-state index in [4.69, 9.17) is 4.42 Å². The zero-order valence-electron chi connectivity index (χ0n) is 16.6. The summed E-state index contributed by atoms with van der Waals surface area (Å²) in [5.74, 6) is 0.485. The molecule has 4 nitrogen and oxygen atoms in total. The third-order valence-corrected chi connectivity index (χ3v) is 5.43. The van der Waals surface area contributed by atoms with Crippen LogP contribution in [0.25, 0.3) is 0 Å². The van der Waals surface area contributed by atoms with Gasteiger partial charge in [0.25, 0.3) is 5.91 Å². The van der Waals surface area contributed by atoms with Crippen LogP contribution in [0.2, 0.25) is 0 Å². The number of nitrogens with one attached hydrogen (secondary N) is 1. The Morgan fingerprint density at radius 2 is 1.85 bits per heavy atom. The van der Waals surface area contributed by atoms with Gasteiger partial charge in [-0.05, 0) is 35.1 Å². The van der Waals surface area contributed by atoms with E-state index in [2.05, 4.69) is 57.3 Å². The van der Waals surface area contributed by atoms with Crippen LogP contribution in [0.5, 0.6) is 0 Å². The molecule has 1 aromatic carbocycles. The van der Waals surface area contributed by atoms with Crippen LogP contribution in [-0.4, -0.2) is 17.1 Å². The number of furan rings is 1. The van der Waals surface area contributed by atoms with Crippen molar-refractivity contribution in [3.63, 3.8) is 0 Å². The number of hydrogen-bond donors (Lipinski definition) is 1. The molecule has 0 fully saturated rings. The second kappa shape index (κ2) is 9.79. The van der Waals surface area contributed by atoms with Gasteiger partial charge in [-0.25, -0.2) is 0 Å². The molecular weight excluding hydrogens is 358 g/mol. The average molecular weight is 388 g/mol. The lowest BCUT2D eigenvalue weighted by molar-refractivity contribution is -0.112. The van der Waals surface area contributed by atoms with Gasteiger partial charge < -0.3 is 9.73 Å². The molecule has 0 radical (unpaired) electrons. The van der Waals surface area contributed by atoms with Crippen LogP contribution in [0, 0.1) is 0 Å². The second-order valence-corrected chi connectivity index (χ2v) is 8.68. The molecule has 27 heavy (non-hydrogen) atoms. The van der Waals surface area contributed by atoms with Gasteiger partial charge in [0.1, 0.15) is 0 Å². The molecule has 1 N–H and O–H groups in total. The van der Waals surface area contributed by atoms with E-state index < -0.39 is 6.04 Å². The first kappa shape index (κ1) is 21.3. The van der Waals surface area contributed by atoms with E-state index in [1.54, 1.807) is 12.1 Å². The third kappa shape index (κ3) is 6.58. The van der Waals surface area contributed by atoms with Gasteiger partial charge in [0, 0.05) is 5.75 Å². The Morgan fingerprint density at radius 3 is 2.41 bits per heavy atom. The van der Waals surface area contributed by atoms with E-state index >= 15 is 0 Å². The van der Waals surface area contributed by atoms with Crippen LogP contribution in [0.3, 0.4) is 0 Å². The van der Waals surface area contributed by atoms with Crippen LogP contribution in [0.1, 0.15) is 68.6 Å². The van der Waals surface area contributed by atoms with Gasteiger partial charge in [-0.1, -0.05) is 76.6 Å². The molecule has 0 saturated carbocycles. The summed E-state index contributed by atoms with van der Waals surface area (Å²) < 4.78 is 5.12. The number of thioether (sulfide) groups is 1.